The minimum Gasteiger partial charge on any atom is -0.493 e. The van der Waals surface area contributed by atoms with Crippen LogP contribution in [0.15, 0.2) is 12.1 Å². The van der Waals surface area contributed by atoms with Crippen LogP contribution in [0, 0.1) is 5.92 Å². The van der Waals surface area contributed by atoms with Crippen LogP contribution < -0.4 is 24.0 Å². The summed E-state index contributed by atoms with van der Waals surface area (Å²) in [4.78, 5) is 3.49. The summed E-state index contributed by atoms with van der Waals surface area (Å²) >= 11 is 0. The highest BCUT2D eigenvalue weighted by Crippen LogP contribution is 2.39. The molecule has 2 atom stereocenters. The molecule has 1 saturated heterocycles. The standard InChI is InChI=1S/C21H34N2O3/c1-16-7-5-6-8-18(16)23-13-11-22(12-14-23)15-17-9-10-19(24-2)21(26-4)20(17)25-3/h9-10,16,18H,5-8,11-15H2,1-4H3/p+2. The molecule has 1 aromatic rings. The Bertz CT molecular complexity index is 585. The van der Waals surface area contributed by atoms with Crippen LogP contribution in [0.25, 0.3) is 0 Å². The zero-order valence-corrected chi connectivity index (χ0v) is 16.9. The van der Waals surface area contributed by atoms with Gasteiger partial charge >= 0.3 is 0 Å². The number of ether oxygens (including phenoxy) is 3. The molecule has 1 saturated carbocycles. The second-order valence-corrected chi connectivity index (χ2v) is 7.95. The minimum atomic E-state index is 0.701. The lowest BCUT2D eigenvalue weighted by Gasteiger charge is -2.39. The number of quaternary nitrogens is 2. The van der Waals surface area contributed by atoms with Gasteiger partial charge in [-0.2, -0.15) is 0 Å². The Morgan fingerprint density at radius 2 is 1.58 bits per heavy atom. The number of piperazine rings is 1. The molecule has 2 N–H and O–H groups in total. The number of nitrogens with one attached hydrogen (secondary N) is 2. The fraction of sp³-hybridized carbons (Fsp3) is 0.714. The monoisotopic (exact) mass is 364 g/mol. The molecule has 1 heterocycles. The first-order valence-electron chi connectivity index (χ1n) is 10.1. The summed E-state index contributed by atoms with van der Waals surface area (Å²) in [7, 11) is 5.05. The van der Waals surface area contributed by atoms with Crippen molar-refractivity contribution in [2.75, 3.05) is 47.5 Å². The molecule has 5 heteroatoms. The maximum Gasteiger partial charge on any atom is 0.203 e. The van der Waals surface area contributed by atoms with E-state index in [0.717, 1.165) is 30.0 Å². The molecule has 0 radical (unpaired) electrons. The molecule has 1 aromatic carbocycles. The topological polar surface area (TPSA) is 36.6 Å². The maximum absolute atomic E-state index is 5.66. The SMILES string of the molecule is COc1ccc(C[NH+]2CC[NH+](C3CCCCC3C)CC2)c(OC)c1OC. The van der Waals surface area contributed by atoms with E-state index < -0.39 is 0 Å². The predicted octanol–water partition coefficient (Wildman–Crippen LogP) is 0.575. The lowest BCUT2D eigenvalue weighted by atomic mass is 9.84. The number of hydrogen-bond acceptors (Lipinski definition) is 3. The van der Waals surface area contributed by atoms with Crippen molar-refractivity contribution >= 4 is 0 Å². The summed E-state index contributed by atoms with van der Waals surface area (Å²) in [6.45, 7) is 8.49. The van der Waals surface area contributed by atoms with E-state index in [1.165, 1.54) is 57.4 Å². The van der Waals surface area contributed by atoms with E-state index in [2.05, 4.69) is 13.0 Å². The Morgan fingerprint density at radius 3 is 2.19 bits per heavy atom. The summed E-state index contributed by atoms with van der Waals surface area (Å²) in [5.74, 6) is 3.14. The first kappa shape index (κ1) is 19.3. The van der Waals surface area contributed by atoms with Gasteiger partial charge < -0.3 is 24.0 Å². The highest BCUT2D eigenvalue weighted by Gasteiger charge is 2.34. The zero-order chi connectivity index (χ0) is 18.5. The van der Waals surface area contributed by atoms with Crippen LogP contribution in [-0.2, 0) is 6.54 Å². The second kappa shape index (κ2) is 8.96. The van der Waals surface area contributed by atoms with E-state index in [9.17, 15) is 0 Å². The van der Waals surface area contributed by atoms with E-state index in [1.54, 1.807) is 26.2 Å². The van der Waals surface area contributed by atoms with Crippen molar-refractivity contribution in [2.24, 2.45) is 5.92 Å². The van der Waals surface area contributed by atoms with Gasteiger partial charge in [0, 0.05) is 5.92 Å². The van der Waals surface area contributed by atoms with Crippen LogP contribution in [0.4, 0.5) is 0 Å². The molecular formula is C21H36N2O3+2. The quantitative estimate of drug-likeness (QED) is 0.775. The first-order valence-corrected chi connectivity index (χ1v) is 10.1. The largest absolute Gasteiger partial charge is 0.493 e. The molecule has 3 rings (SSSR count). The third-order valence-electron chi connectivity index (χ3n) is 6.46. The Balaban J connectivity index is 1.62. The van der Waals surface area contributed by atoms with Crippen molar-refractivity contribution in [3.8, 4) is 17.2 Å². The van der Waals surface area contributed by atoms with Crippen LogP contribution in [-0.4, -0.2) is 53.6 Å². The molecule has 1 aliphatic carbocycles. The van der Waals surface area contributed by atoms with Gasteiger partial charge in [-0.05, 0) is 31.4 Å². The van der Waals surface area contributed by atoms with Crippen LogP contribution >= 0.6 is 0 Å². The fourth-order valence-electron chi connectivity index (χ4n) is 4.97. The third kappa shape index (κ3) is 4.09. The average Bonchev–Trinajstić information content (AvgIpc) is 2.68. The van der Waals surface area contributed by atoms with Gasteiger partial charge in [0.25, 0.3) is 0 Å². The summed E-state index contributed by atoms with van der Waals surface area (Å²) in [5.41, 5.74) is 1.20. The predicted molar refractivity (Wildman–Crippen MR) is 103 cm³/mol. The minimum absolute atomic E-state index is 0.701. The van der Waals surface area contributed by atoms with Crippen molar-refractivity contribution in [3.05, 3.63) is 17.7 Å². The highest BCUT2D eigenvalue weighted by atomic mass is 16.5. The van der Waals surface area contributed by atoms with Gasteiger partial charge in [0.05, 0.1) is 32.9 Å². The molecule has 2 aliphatic rings. The lowest BCUT2D eigenvalue weighted by molar-refractivity contribution is -1.03. The molecule has 146 valence electrons. The van der Waals surface area contributed by atoms with Gasteiger partial charge in [-0.25, -0.2) is 0 Å². The molecule has 26 heavy (non-hydrogen) atoms. The Morgan fingerprint density at radius 1 is 0.885 bits per heavy atom. The normalized spacial score (nSPS) is 29.2. The first-order chi connectivity index (χ1) is 12.7. The molecule has 5 nitrogen and oxygen atoms in total. The van der Waals surface area contributed by atoms with Crippen LogP contribution in [0.1, 0.15) is 38.2 Å². The molecule has 0 bridgehead atoms. The highest BCUT2D eigenvalue weighted by molar-refractivity contribution is 5.55. The Kier molecular flexibility index (Phi) is 6.65. The Labute approximate surface area is 158 Å². The summed E-state index contributed by atoms with van der Waals surface area (Å²) in [6.07, 6.45) is 5.71. The maximum atomic E-state index is 5.66. The van der Waals surface area contributed by atoms with E-state index in [4.69, 9.17) is 14.2 Å². The molecule has 0 amide bonds. The van der Waals surface area contributed by atoms with Crippen molar-refractivity contribution in [3.63, 3.8) is 0 Å². The van der Waals surface area contributed by atoms with Gasteiger partial charge in [-0.15, -0.1) is 0 Å². The summed E-state index contributed by atoms with van der Waals surface area (Å²) in [5, 5.41) is 0. The van der Waals surface area contributed by atoms with Gasteiger partial charge in [0.1, 0.15) is 32.7 Å². The van der Waals surface area contributed by atoms with E-state index in [1.807, 2.05) is 11.0 Å². The molecule has 0 aromatic heterocycles. The average molecular weight is 365 g/mol. The second-order valence-electron chi connectivity index (χ2n) is 7.95. The van der Waals surface area contributed by atoms with Crippen molar-refractivity contribution in [2.45, 2.75) is 45.2 Å². The molecule has 2 fully saturated rings. The Hall–Kier alpha value is -1.46. The lowest BCUT2D eigenvalue weighted by Crippen LogP contribution is -3.29. The molecule has 0 spiro atoms. The molecule has 1 aliphatic heterocycles. The number of benzene rings is 1. The van der Waals surface area contributed by atoms with Crippen LogP contribution in [0.3, 0.4) is 0 Å². The van der Waals surface area contributed by atoms with Crippen LogP contribution in [0.5, 0.6) is 17.2 Å². The number of rotatable bonds is 6. The van der Waals surface area contributed by atoms with E-state index >= 15 is 0 Å². The van der Waals surface area contributed by atoms with Gasteiger partial charge in [0.15, 0.2) is 11.5 Å². The van der Waals surface area contributed by atoms with Crippen molar-refractivity contribution < 1.29 is 24.0 Å². The van der Waals surface area contributed by atoms with Crippen molar-refractivity contribution in [1.82, 2.24) is 0 Å². The van der Waals surface area contributed by atoms with Gasteiger partial charge in [-0.3, -0.25) is 0 Å². The van der Waals surface area contributed by atoms with Crippen molar-refractivity contribution in [1.29, 1.82) is 0 Å². The van der Waals surface area contributed by atoms with Gasteiger partial charge in [0.2, 0.25) is 5.75 Å². The fourth-order valence-corrected chi connectivity index (χ4v) is 4.97. The number of hydrogen-bond donors (Lipinski definition) is 2. The molecule has 2 unspecified atom stereocenters. The summed E-state index contributed by atoms with van der Waals surface area (Å²) < 4.78 is 16.6. The molecular weight excluding hydrogens is 328 g/mol. The summed E-state index contributed by atoms with van der Waals surface area (Å²) in [6, 6.07) is 5.00. The third-order valence-corrected chi connectivity index (χ3v) is 6.46. The smallest absolute Gasteiger partial charge is 0.203 e. The van der Waals surface area contributed by atoms with Crippen LogP contribution in [0.2, 0.25) is 0 Å². The zero-order valence-electron chi connectivity index (χ0n) is 16.9. The van der Waals surface area contributed by atoms with Gasteiger partial charge in [-0.1, -0.05) is 13.3 Å². The van der Waals surface area contributed by atoms with E-state index in [0.29, 0.717) is 5.75 Å². The van der Waals surface area contributed by atoms with E-state index in [-0.39, 0.29) is 0 Å². The number of methoxy groups -OCH3 is 3.